The Morgan fingerprint density at radius 2 is 1.62 bits per heavy atom. The number of thioether (sulfide) groups is 1. The van der Waals surface area contributed by atoms with E-state index in [-0.39, 0.29) is 37.7 Å². The molecule has 0 bridgehead atoms. The second kappa shape index (κ2) is 17.2. The second-order valence-corrected chi connectivity index (χ2v) is 11.5. The smallest absolute Gasteiger partial charge is 0.326 e. The van der Waals surface area contributed by atoms with Gasteiger partial charge in [-0.15, -0.1) is 0 Å². The number of carboxylic acids is 1. The minimum Gasteiger partial charge on any atom is -0.480 e. The zero-order valence-corrected chi connectivity index (χ0v) is 25.2. The first-order chi connectivity index (χ1) is 19.9. The van der Waals surface area contributed by atoms with Gasteiger partial charge in [0.15, 0.2) is 5.96 Å². The molecular weight excluding hydrogens is 560 g/mol. The van der Waals surface area contributed by atoms with Crippen molar-refractivity contribution in [1.29, 1.82) is 0 Å². The van der Waals surface area contributed by atoms with Crippen molar-refractivity contribution in [1.82, 2.24) is 20.9 Å². The van der Waals surface area contributed by atoms with Crippen LogP contribution in [0.25, 0.3) is 10.9 Å². The van der Waals surface area contributed by atoms with Crippen LogP contribution in [-0.2, 0) is 25.6 Å². The Morgan fingerprint density at radius 1 is 0.976 bits per heavy atom. The van der Waals surface area contributed by atoms with Crippen LogP contribution in [0, 0.1) is 5.92 Å². The SMILES string of the molecule is CSCCC(NC(=O)C(CCCN=C(N)N)NC(=O)C(Cc1c[nH]c2ccccc12)NC(=O)C(N)CC(C)C)C(=O)O. The zero-order chi connectivity index (χ0) is 31.2. The topological polar surface area (TPSA) is 231 Å². The van der Waals surface area contributed by atoms with Gasteiger partial charge in [0.1, 0.15) is 18.1 Å². The molecule has 0 saturated carbocycles. The number of aliphatic imine (C=N–C) groups is 1. The molecule has 0 aliphatic heterocycles. The predicted octanol–water partition coefficient (Wildman–Crippen LogP) is 0.430. The molecular formula is C28H44N8O5S. The molecule has 0 saturated heterocycles. The number of nitrogens with one attached hydrogen (secondary N) is 4. The Bertz CT molecular complexity index is 1230. The van der Waals surface area contributed by atoms with E-state index in [4.69, 9.17) is 17.2 Å². The third-order valence-electron chi connectivity index (χ3n) is 6.60. The summed E-state index contributed by atoms with van der Waals surface area (Å²) in [5.41, 5.74) is 18.6. The van der Waals surface area contributed by atoms with E-state index in [0.717, 1.165) is 16.5 Å². The van der Waals surface area contributed by atoms with E-state index in [0.29, 0.717) is 18.6 Å². The Hall–Kier alpha value is -3.78. The number of rotatable bonds is 18. The van der Waals surface area contributed by atoms with E-state index >= 15 is 0 Å². The van der Waals surface area contributed by atoms with Gasteiger partial charge in [-0.3, -0.25) is 19.4 Å². The fraction of sp³-hybridized carbons (Fsp3) is 0.536. The molecule has 14 heteroatoms. The molecule has 1 aromatic carbocycles. The number of nitrogens with zero attached hydrogens (tertiary/aromatic N) is 1. The average Bonchev–Trinajstić information content (AvgIpc) is 3.34. The molecule has 1 aromatic heterocycles. The summed E-state index contributed by atoms with van der Waals surface area (Å²) >= 11 is 1.45. The highest BCUT2D eigenvalue weighted by Crippen LogP contribution is 2.19. The highest BCUT2D eigenvalue weighted by atomic mass is 32.2. The van der Waals surface area contributed by atoms with Gasteiger partial charge in [0.2, 0.25) is 17.7 Å². The number of guanidine groups is 1. The minimum absolute atomic E-state index is 0.109. The van der Waals surface area contributed by atoms with Crippen LogP contribution in [0.1, 0.15) is 45.1 Å². The van der Waals surface area contributed by atoms with Crippen molar-refractivity contribution in [3.8, 4) is 0 Å². The van der Waals surface area contributed by atoms with Crippen molar-refractivity contribution >= 4 is 52.3 Å². The molecule has 2 rings (SSSR count). The highest BCUT2D eigenvalue weighted by Gasteiger charge is 2.31. The largest absolute Gasteiger partial charge is 0.480 e. The number of carbonyl (C=O) groups excluding carboxylic acids is 3. The van der Waals surface area contributed by atoms with Crippen LogP contribution >= 0.6 is 11.8 Å². The lowest BCUT2D eigenvalue weighted by atomic mass is 10.0. The standard InChI is InChI=1S/C28H44N8O5S/c1-16(2)13-19(29)24(37)36-23(14-17-15-33-20-8-5-4-7-18(17)20)26(39)34-21(9-6-11-32-28(30)31)25(38)35-22(27(40)41)10-12-42-3/h4-5,7-8,15-16,19,21-23,33H,6,9-14,29H2,1-3H3,(H,34,39)(H,35,38)(H,36,37)(H,40,41)(H4,30,31,32). The monoisotopic (exact) mass is 604 g/mol. The summed E-state index contributed by atoms with van der Waals surface area (Å²) in [7, 11) is 0. The van der Waals surface area contributed by atoms with Gasteiger partial charge in [-0.2, -0.15) is 11.8 Å². The first kappa shape index (κ1) is 34.4. The van der Waals surface area contributed by atoms with Crippen LogP contribution in [0.15, 0.2) is 35.5 Å². The second-order valence-electron chi connectivity index (χ2n) is 10.6. The normalized spacial score (nSPS) is 14.0. The van der Waals surface area contributed by atoms with Crippen molar-refractivity contribution < 1.29 is 24.3 Å². The molecule has 0 aliphatic rings. The van der Waals surface area contributed by atoms with Crippen LogP contribution in [0.4, 0.5) is 0 Å². The maximum atomic E-state index is 13.7. The molecule has 42 heavy (non-hydrogen) atoms. The van der Waals surface area contributed by atoms with Crippen molar-refractivity contribution in [2.24, 2.45) is 28.1 Å². The van der Waals surface area contributed by atoms with Gasteiger partial charge in [-0.05, 0) is 55.2 Å². The summed E-state index contributed by atoms with van der Waals surface area (Å²) in [5.74, 6) is -2.35. The number of aliphatic carboxylic acids is 1. The molecule has 1 heterocycles. The molecule has 4 atom stereocenters. The third-order valence-corrected chi connectivity index (χ3v) is 7.24. The van der Waals surface area contributed by atoms with Gasteiger partial charge >= 0.3 is 5.97 Å². The number of hydrogen-bond donors (Lipinski definition) is 8. The van der Waals surface area contributed by atoms with Gasteiger partial charge < -0.3 is 43.2 Å². The summed E-state index contributed by atoms with van der Waals surface area (Å²) < 4.78 is 0. The van der Waals surface area contributed by atoms with E-state index in [1.807, 2.05) is 44.4 Å². The number of aromatic amines is 1. The van der Waals surface area contributed by atoms with Gasteiger partial charge in [0.05, 0.1) is 6.04 Å². The van der Waals surface area contributed by atoms with E-state index < -0.39 is 47.9 Å². The molecule has 0 spiro atoms. The lowest BCUT2D eigenvalue weighted by Crippen LogP contribution is -2.57. The first-order valence-corrected chi connectivity index (χ1v) is 15.3. The fourth-order valence-electron chi connectivity index (χ4n) is 4.43. The number of amides is 3. The number of fused-ring (bicyclic) bond motifs is 1. The molecule has 11 N–H and O–H groups in total. The molecule has 0 radical (unpaired) electrons. The van der Waals surface area contributed by atoms with Crippen LogP contribution in [0.2, 0.25) is 0 Å². The fourth-order valence-corrected chi connectivity index (χ4v) is 4.90. The summed E-state index contributed by atoms with van der Waals surface area (Å²) in [6.07, 6.45) is 4.83. The van der Waals surface area contributed by atoms with E-state index in [9.17, 15) is 24.3 Å². The molecule has 232 valence electrons. The number of aromatic nitrogens is 1. The van der Waals surface area contributed by atoms with E-state index in [1.54, 1.807) is 6.20 Å². The Balaban J connectivity index is 2.31. The van der Waals surface area contributed by atoms with Crippen molar-refractivity contribution in [3.05, 3.63) is 36.0 Å². The van der Waals surface area contributed by atoms with Crippen LogP contribution < -0.4 is 33.2 Å². The van der Waals surface area contributed by atoms with Crippen LogP contribution in [-0.4, -0.2) is 82.5 Å². The van der Waals surface area contributed by atoms with Gasteiger partial charge in [0, 0.05) is 30.1 Å². The van der Waals surface area contributed by atoms with Gasteiger partial charge in [0.25, 0.3) is 0 Å². The Morgan fingerprint density at radius 3 is 2.26 bits per heavy atom. The maximum absolute atomic E-state index is 13.7. The van der Waals surface area contributed by atoms with E-state index in [2.05, 4.69) is 25.9 Å². The third kappa shape index (κ3) is 11.2. The van der Waals surface area contributed by atoms with Gasteiger partial charge in [-0.1, -0.05) is 32.0 Å². The molecule has 0 fully saturated rings. The number of nitrogens with two attached hydrogens (primary N) is 3. The molecule has 2 aromatic rings. The van der Waals surface area contributed by atoms with Crippen molar-refractivity contribution in [2.75, 3.05) is 18.6 Å². The Labute approximate surface area is 250 Å². The number of carbonyl (C=O) groups is 4. The number of carboxylic acid groups (broad SMARTS) is 1. The minimum atomic E-state index is -1.17. The van der Waals surface area contributed by atoms with Gasteiger partial charge in [-0.25, -0.2) is 4.79 Å². The Kier molecular flexibility index (Phi) is 14.1. The predicted molar refractivity (Wildman–Crippen MR) is 166 cm³/mol. The molecule has 0 aliphatic carbocycles. The summed E-state index contributed by atoms with van der Waals surface area (Å²) in [4.78, 5) is 58.8. The highest BCUT2D eigenvalue weighted by molar-refractivity contribution is 7.98. The number of para-hydroxylation sites is 1. The lowest BCUT2D eigenvalue weighted by molar-refractivity contribution is -0.142. The zero-order valence-electron chi connectivity index (χ0n) is 24.4. The maximum Gasteiger partial charge on any atom is 0.326 e. The number of H-pyrrole nitrogens is 1. The average molecular weight is 605 g/mol. The summed E-state index contributed by atoms with van der Waals surface area (Å²) in [5, 5.41) is 18.5. The number of hydrogen-bond acceptors (Lipinski definition) is 7. The molecule has 4 unspecified atom stereocenters. The lowest BCUT2D eigenvalue weighted by Gasteiger charge is -2.25. The summed E-state index contributed by atoms with van der Waals surface area (Å²) in [6, 6.07) is 3.45. The molecule has 3 amide bonds. The van der Waals surface area contributed by atoms with Crippen LogP contribution in [0.3, 0.4) is 0 Å². The van der Waals surface area contributed by atoms with Crippen molar-refractivity contribution in [3.63, 3.8) is 0 Å². The summed E-state index contributed by atoms with van der Waals surface area (Å²) in [6.45, 7) is 4.09. The van der Waals surface area contributed by atoms with Crippen molar-refractivity contribution in [2.45, 2.75) is 70.1 Å². The number of benzene rings is 1. The quantitative estimate of drug-likeness (QED) is 0.0669. The van der Waals surface area contributed by atoms with E-state index in [1.165, 1.54) is 11.8 Å². The first-order valence-electron chi connectivity index (χ1n) is 13.9. The van der Waals surface area contributed by atoms with Crippen LogP contribution in [0.5, 0.6) is 0 Å². The molecule has 13 nitrogen and oxygen atoms in total.